The maximum Gasteiger partial charge on any atom is 0.469 e. The van der Waals surface area contributed by atoms with Gasteiger partial charge in [0.25, 0.3) is 0 Å². The second-order valence-corrected chi connectivity index (χ2v) is 10.1. The van der Waals surface area contributed by atoms with Gasteiger partial charge in [-0.25, -0.2) is 4.57 Å². The molecule has 152 valence electrons. The van der Waals surface area contributed by atoms with Crippen molar-refractivity contribution in [3.8, 4) is 11.8 Å². The molecule has 8 heteroatoms. The first kappa shape index (κ1) is 22.6. The van der Waals surface area contributed by atoms with E-state index < -0.39 is 13.4 Å². The first-order valence-corrected chi connectivity index (χ1v) is 11.7. The molecular weight excluding hydrogens is 385 g/mol. The third-order valence-corrected chi connectivity index (χ3v) is 6.26. The Morgan fingerprint density at radius 2 is 2.04 bits per heavy atom. The minimum atomic E-state index is -4.49. The lowest BCUT2D eigenvalue weighted by molar-refractivity contribution is 0.0396. The lowest BCUT2D eigenvalue weighted by Gasteiger charge is -2.25. The number of ether oxygens (including phenoxy) is 1. The van der Waals surface area contributed by atoms with Gasteiger partial charge in [0.05, 0.1) is 17.6 Å². The minimum Gasteiger partial charge on any atom is -0.366 e. The van der Waals surface area contributed by atoms with E-state index in [9.17, 15) is 4.57 Å². The minimum absolute atomic E-state index is 0.188. The van der Waals surface area contributed by atoms with Crippen LogP contribution in [0.1, 0.15) is 55.7 Å². The van der Waals surface area contributed by atoms with Gasteiger partial charge < -0.3 is 20.3 Å². The monoisotopic (exact) mass is 415 g/mol. The van der Waals surface area contributed by atoms with Gasteiger partial charge in [0, 0.05) is 10.4 Å². The average Bonchev–Trinajstić information content (AvgIpc) is 3.04. The highest BCUT2D eigenvalue weighted by molar-refractivity contribution is 7.46. The van der Waals surface area contributed by atoms with E-state index in [-0.39, 0.29) is 6.61 Å². The molecular formula is C19H30NO5PS. The fraction of sp³-hybridized carbons (Fsp3) is 0.684. The normalized spacial score (nSPS) is 22.7. The largest absolute Gasteiger partial charge is 0.469 e. The lowest BCUT2D eigenvalue weighted by atomic mass is 9.89. The van der Waals surface area contributed by atoms with E-state index in [4.69, 9.17) is 20.3 Å². The molecule has 1 saturated carbocycles. The Labute approximate surface area is 165 Å². The molecule has 2 rings (SSSR count). The fourth-order valence-electron chi connectivity index (χ4n) is 2.97. The van der Waals surface area contributed by atoms with E-state index in [1.807, 2.05) is 12.1 Å². The van der Waals surface area contributed by atoms with Crippen LogP contribution in [-0.2, 0) is 20.2 Å². The summed E-state index contributed by atoms with van der Waals surface area (Å²) >= 11 is 1.60. The molecule has 1 fully saturated rings. The number of rotatable bonds is 8. The first-order chi connectivity index (χ1) is 12.6. The van der Waals surface area contributed by atoms with Gasteiger partial charge in [-0.2, -0.15) is 0 Å². The summed E-state index contributed by atoms with van der Waals surface area (Å²) in [5.74, 6) is 7.05. The quantitative estimate of drug-likeness (QED) is 0.444. The fourth-order valence-corrected chi connectivity index (χ4v) is 4.32. The molecule has 6 nitrogen and oxygen atoms in total. The van der Waals surface area contributed by atoms with Crippen molar-refractivity contribution in [2.45, 2.75) is 64.0 Å². The number of phosphoric acid groups is 1. The van der Waals surface area contributed by atoms with Crippen molar-refractivity contribution in [2.75, 3.05) is 13.2 Å². The Hall–Kier alpha value is -0.710. The van der Waals surface area contributed by atoms with Crippen molar-refractivity contribution in [1.82, 2.24) is 0 Å². The molecule has 1 atom stereocenters. The van der Waals surface area contributed by atoms with E-state index >= 15 is 0 Å². The first-order valence-electron chi connectivity index (χ1n) is 9.31. The number of nitrogens with two attached hydrogens (primary N) is 1. The molecule has 0 radical (unpaired) electrons. The van der Waals surface area contributed by atoms with Crippen LogP contribution >= 0.6 is 19.2 Å². The maximum atomic E-state index is 10.8. The van der Waals surface area contributed by atoms with Gasteiger partial charge in [-0.05, 0) is 63.5 Å². The summed E-state index contributed by atoms with van der Waals surface area (Å²) < 4.78 is 21.2. The molecule has 0 amide bonds. The molecule has 0 aliphatic heterocycles. The standard InChI is InChI=1S/C19H30NO5PS/c1-15-5-7-16(8-6-15)24-13-3-4-17-9-10-18(27-17)11-12-19(2,20)14-25-26(21,22)23/h9-10,15-16H,5-8,11-14,20H2,1-2H3,(H2,21,22,23). The molecule has 1 aromatic rings. The van der Waals surface area contributed by atoms with Gasteiger partial charge in [-0.15, -0.1) is 11.3 Å². The van der Waals surface area contributed by atoms with Crippen LogP contribution in [-0.4, -0.2) is 34.6 Å². The third-order valence-electron chi connectivity index (χ3n) is 4.73. The molecule has 1 aromatic heterocycles. The molecule has 27 heavy (non-hydrogen) atoms. The Morgan fingerprint density at radius 1 is 1.33 bits per heavy atom. The number of hydrogen-bond donors (Lipinski definition) is 3. The molecule has 0 spiro atoms. The van der Waals surface area contributed by atoms with Gasteiger partial charge in [0.15, 0.2) is 0 Å². The van der Waals surface area contributed by atoms with Crippen LogP contribution in [0.4, 0.5) is 0 Å². The zero-order chi connectivity index (χ0) is 19.9. The topological polar surface area (TPSA) is 102 Å². The van der Waals surface area contributed by atoms with Crippen LogP contribution in [0.5, 0.6) is 0 Å². The van der Waals surface area contributed by atoms with E-state index in [2.05, 4.69) is 23.3 Å². The molecule has 0 saturated heterocycles. The smallest absolute Gasteiger partial charge is 0.366 e. The molecule has 1 unspecified atom stereocenters. The van der Waals surface area contributed by atoms with Crippen molar-refractivity contribution in [3.63, 3.8) is 0 Å². The number of thiophene rings is 1. The lowest BCUT2D eigenvalue weighted by Crippen LogP contribution is -2.41. The molecule has 0 aromatic carbocycles. The zero-order valence-electron chi connectivity index (χ0n) is 16.0. The number of phosphoric ester groups is 1. The molecule has 1 aliphatic rings. The van der Waals surface area contributed by atoms with Crippen molar-refractivity contribution < 1.29 is 23.6 Å². The van der Waals surface area contributed by atoms with Crippen molar-refractivity contribution in [3.05, 3.63) is 21.9 Å². The Kier molecular flexibility index (Phi) is 8.51. The third kappa shape index (κ3) is 9.36. The summed E-state index contributed by atoms with van der Waals surface area (Å²) in [5.41, 5.74) is 5.24. The SMILES string of the molecule is CC1CCC(OCC#Cc2ccc(CCC(C)(N)COP(=O)(O)O)s2)CC1. The Balaban J connectivity index is 1.72. The summed E-state index contributed by atoms with van der Waals surface area (Å²) in [5, 5.41) is 0. The highest BCUT2D eigenvalue weighted by atomic mass is 32.1. The summed E-state index contributed by atoms with van der Waals surface area (Å²) in [7, 11) is -4.49. The van der Waals surface area contributed by atoms with E-state index in [0.29, 0.717) is 25.6 Å². The van der Waals surface area contributed by atoms with E-state index in [1.165, 1.54) is 12.8 Å². The number of hydrogen-bond acceptors (Lipinski definition) is 5. The maximum absolute atomic E-state index is 10.8. The Morgan fingerprint density at radius 3 is 2.70 bits per heavy atom. The van der Waals surface area contributed by atoms with E-state index in [0.717, 1.165) is 28.5 Å². The van der Waals surface area contributed by atoms with Gasteiger partial charge in [-0.1, -0.05) is 18.8 Å². The van der Waals surface area contributed by atoms with Crippen molar-refractivity contribution in [2.24, 2.45) is 11.7 Å². The summed E-state index contributed by atoms with van der Waals surface area (Å²) in [6, 6.07) is 3.99. The predicted octanol–water partition coefficient (Wildman–Crippen LogP) is 3.45. The summed E-state index contributed by atoms with van der Waals surface area (Å²) in [6.45, 7) is 4.29. The number of aryl methyl sites for hydroxylation is 1. The van der Waals surface area contributed by atoms with Gasteiger partial charge in [-0.3, -0.25) is 4.52 Å². The summed E-state index contributed by atoms with van der Waals surface area (Å²) in [4.78, 5) is 19.7. The second kappa shape index (κ2) is 10.2. The van der Waals surface area contributed by atoms with Crippen molar-refractivity contribution >= 4 is 19.2 Å². The van der Waals surface area contributed by atoms with Crippen LogP contribution in [0.2, 0.25) is 0 Å². The van der Waals surface area contributed by atoms with Gasteiger partial charge in [0.2, 0.25) is 0 Å². The molecule has 0 bridgehead atoms. The summed E-state index contributed by atoms with van der Waals surface area (Å²) in [6.07, 6.45) is 6.37. The van der Waals surface area contributed by atoms with Crippen LogP contribution < -0.4 is 5.73 Å². The molecule has 1 heterocycles. The highest BCUT2D eigenvalue weighted by Crippen LogP contribution is 2.37. The molecule has 4 N–H and O–H groups in total. The van der Waals surface area contributed by atoms with Gasteiger partial charge in [0.1, 0.15) is 6.61 Å². The predicted molar refractivity (Wildman–Crippen MR) is 107 cm³/mol. The average molecular weight is 415 g/mol. The zero-order valence-corrected chi connectivity index (χ0v) is 17.7. The highest BCUT2D eigenvalue weighted by Gasteiger charge is 2.24. The second-order valence-electron chi connectivity index (χ2n) is 7.68. The van der Waals surface area contributed by atoms with Crippen LogP contribution in [0.25, 0.3) is 0 Å². The molecule has 1 aliphatic carbocycles. The van der Waals surface area contributed by atoms with Crippen molar-refractivity contribution in [1.29, 1.82) is 0 Å². The van der Waals surface area contributed by atoms with Crippen LogP contribution in [0.15, 0.2) is 12.1 Å². The Bertz CT molecular complexity index is 694. The van der Waals surface area contributed by atoms with Gasteiger partial charge >= 0.3 is 7.82 Å². The van der Waals surface area contributed by atoms with Crippen LogP contribution in [0, 0.1) is 17.8 Å². The van der Waals surface area contributed by atoms with Crippen LogP contribution in [0.3, 0.4) is 0 Å². The van der Waals surface area contributed by atoms with E-state index in [1.54, 1.807) is 18.3 Å².